The molecule has 26 heavy (non-hydrogen) atoms. The minimum absolute atomic E-state index is 0.151. The molecule has 1 aromatic heterocycles. The molecular formula is C19H18N4O3. The number of hydrogen-bond donors (Lipinski definition) is 2. The van der Waals surface area contributed by atoms with Gasteiger partial charge in [0.05, 0.1) is 18.0 Å². The first-order valence-corrected chi connectivity index (χ1v) is 8.07. The van der Waals surface area contributed by atoms with E-state index in [1.165, 1.54) is 10.7 Å². The molecule has 2 aromatic carbocycles. The van der Waals surface area contributed by atoms with Crippen molar-refractivity contribution >= 4 is 17.5 Å². The highest BCUT2D eigenvalue weighted by Gasteiger charge is 2.12. The van der Waals surface area contributed by atoms with Crippen molar-refractivity contribution in [2.24, 2.45) is 5.73 Å². The molecule has 0 unspecified atom stereocenters. The number of benzene rings is 2. The number of nitrogens with zero attached hydrogens (tertiary/aromatic N) is 2. The molecule has 1 heterocycles. The summed E-state index contributed by atoms with van der Waals surface area (Å²) in [5.74, 6) is -0.164. The van der Waals surface area contributed by atoms with Crippen LogP contribution in [0, 0.1) is 0 Å². The molecule has 0 fully saturated rings. The number of hydrogen-bond acceptors (Lipinski definition) is 4. The third kappa shape index (κ3) is 3.72. The Balaban J connectivity index is 1.83. The highest BCUT2D eigenvalue weighted by atomic mass is 16.5. The zero-order valence-electron chi connectivity index (χ0n) is 14.2. The predicted octanol–water partition coefficient (Wildman–Crippen LogP) is 2.62. The van der Waals surface area contributed by atoms with Crippen LogP contribution in [-0.2, 0) is 0 Å². The normalized spacial score (nSPS) is 10.3. The van der Waals surface area contributed by atoms with Gasteiger partial charge in [-0.25, -0.2) is 4.68 Å². The van der Waals surface area contributed by atoms with Crippen molar-refractivity contribution in [1.29, 1.82) is 0 Å². The second-order valence-electron chi connectivity index (χ2n) is 5.44. The number of rotatable bonds is 6. The van der Waals surface area contributed by atoms with E-state index in [2.05, 4.69) is 10.4 Å². The summed E-state index contributed by atoms with van der Waals surface area (Å²) in [5, 5.41) is 6.99. The van der Waals surface area contributed by atoms with E-state index in [0.29, 0.717) is 29.3 Å². The Kier molecular flexibility index (Phi) is 4.98. The number of para-hydroxylation sites is 2. The Hall–Kier alpha value is -3.61. The van der Waals surface area contributed by atoms with Crippen LogP contribution in [0.15, 0.2) is 60.8 Å². The van der Waals surface area contributed by atoms with Crippen LogP contribution in [-0.4, -0.2) is 28.2 Å². The van der Waals surface area contributed by atoms with Gasteiger partial charge >= 0.3 is 0 Å². The third-order valence-corrected chi connectivity index (χ3v) is 3.67. The first-order chi connectivity index (χ1) is 12.6. The number of amides is 2. The standard InChI is InChI=1S/C19H18N4O3/c1-2-26-14-9-7-13(8-10-14)19(25)21-15-5-3-4-6-17(15)23-12-11-16(22-23)18(20)24/h3-12H,2H2,1H3,(H2,20,24)(H,21,25). The second-order valence-corrected chi connectivity index (χ2v) is 5.44. The van der Waals surface area contributed by atoms with Gasteiger partial charge in [-0.1, -0.05) is 12.1 Å². The van der Waals surface area contributed by atoms with Crippen LogP contribution < -0.4 is 15.8 Å². The molecule has 3 rings (SSSR count). The number of primary amides is 1. The predicted molar refractivity (Wildman–Crippen MR) is 97.6 cm³/mol. The number of carbonyl (C=O) groups excluding carboxylic acids is 2. The zero-order chi connectivity index (χ0) is 18.5. The van der Waals surface area contributed by atoms with Crippen molar-refractivity contribution < 1.29 is 14.3 Å². The van der Waals surface area contributed by atoms with E-state index in [1.54, 1.807) is 48.7 Å². The van der Waals surface area contributed by atoms with Crippen LogP contribution >= 0.6 is 0 Å². The molecule has 0 saturated carbocycles. The van der Waals surface area contributed by atoms with E-state index in [0.717, 1.165) is 0 Å². The molecule has 0 radical (unpaired) electrons. The van der Waals surface area contributed by atoms with Crippen LogP contribution in [0.25, 0.3) is 5.69 Å². The molecule has 0 aliphatic carbocycles. The summed E-state index contributed by atoms with van der Waals surface area (Å²) in [6, 6.07) is 15.6. The van der Waals surface area contributed by atoms with Gasteiger partial charge in [0.2, 0.25) is 0 Å². The average molecular weight is 350 g/mol. The van der Waals surface area contributed by atoms with Crippen LogP contribution in [0.2, 0.25) is 0 Å². The van der Waals surface area contributed by atoms with Crippen molar-refractivity contribution in [2.45, 2.75) is 6.92 Å². The molecule has 3 aromatic rings. The summed E-state index contributed by atoms with van der Waals surface area (Å²) < 4.78 is 6.87. The van der Waals surface area contributed by atoms with Gasteiger partial charge in [-0.05, 0) is 49.4 Å². The highest BCUT2D eigenvalue weighted by Crippen LogP contribution is 2.21. The average Bonchev–Trinajstić information content (AvgIpc) is 3.13. The summed E-state index contributed by atoms with van der Waals surface area (Å²) in [6.07, 6.45) is 1.61. The fraction of sp³-hybridized carbons (Fsp3) is 0.105. The van der Waals surface area contributed by atoms with Crippen molar-refractivity contribution in [1.82, 2.24) is 9.78 Å². The second kappa shape index (κ2) is 7.52. The molecule has 7 heteroatoms. The molecule has 7 nitrogen and oxygen atoms in total. The maximum atomic E-state index is 12.5. The molecule has 132 valence electrons. The van der Waals surface area contributed by atoms with Crippen molar-refractivity contribution in [2.75, 3.05) is 11.9 Å². The lowest BCUT2D eigenvalue weighted by molar-refractivity contribution is 0.0992. The first-order valence-electron chi connectivity index (χ1n) is 8.07. The lowest BCUT2D eigenvalue weighted by Crippen LogP contribution is -2.15. The molecule has 3 N–H and O–H groups in total. The van der Waals surface area contributed by atoms with Gasteiger partial charge in [0.15, 0.2) is 0 Å². The Labute approximate surface area is 150 Å². The quantitative estimate of drug-likeness (QED) is 0.714. The van der Waals surface area contributed by atoms with E-state index in [9.17, 15) is 9.59 Å². The Morgan fingerprint density at radius 2 is 1.85 bits per heavy atom. The van der Waals surface area contributed by atoms with Gasteiger partial charge in [0.25, 0.3) is 11.8 Å². The number of aromatic nitrogens is 2. The van der Waals surface area contributed by atoms with E-state index >= 15 is 0 Å². The molecule has 0 saturated heterocycles. The van der Waals surface area contributed by atoms with E-state index in [-0.39, 0.29) is 11.6 Å². The topological polar surface area (TPSA) is 99.2 Å². The fourth-order valence-electron chi connectivity index (χ4n) is 2.43. The zero-order valence-corrected chi connectivity index (χ0v) is 14.2. The maximum Gasteiger partial charge on any atom is 0.269 e. The third-order valence-electron chi connectivity index (χ3n) is 3.67. The van der Waals surface area contributed by atoms with E-state index < -0.39 is 5.91 Å². The van der Waals surface area contributed by atoms with Crippen LogP contribution in [0.3, 0.4) is 0 Å². The fourth-order valence-corrected chi connectivity index (χ4v) is 2.43. The summed E-state index contributed by atoms with van der Waals surface area (Å²) in [6.45, 7) is 2.46. The summed E-state index contributed by atoms with van der Waals surface area (Å²) in [7, 11) is 0. The molecule has 0 aliphatic heterocycles. The number of nitrogens with one attached hydrogen (secondary N) is 1. The largest absolute Gasteiger partial charge is 0.494 e. The minimum Gasteiger partial charge on any atom is -0.494 e. The van der Waals surface area contributed by atoms with Gasteiger partial charge in [-0.2, -0.15) is 5.10 Å². The van der Waals surface area contributed by atoms with Crippen molar-refractivity contribution in [3.63, 3.8) is 0 Å². The number of anilines is 1. The molecule has 0 aliphatic rings. The molecule has 0 atom stereocenters. The summed E-state index contributed by atoms with van der Waals surface area (Å²) >= 11 is 0. The monoisotopic (exact) mass is 350 g/mol. The lowest BCUT2D eigenvalue weighted by atomic mass is 10.2. The Bertz CT molecular complexity index is 932. The van der Waals surface area contributed by atoms with Gasteiger partial charge in [0.1, 0.15) is 11.4 Å². The minimum atomic E-state index is -0.611. The van der Waals surface area contributed by atoms with Crippen LogP contribution in [0.1, 0.15) is 27.8 Å². The van der Waals surface area contributed by atoms with E-state index in [4.69, 9.17) is 10.5 Å². The lowest BCUT2D eigenvalue weighted by Gasteiger charge is -2.11. The Morgan fingerprint density at radius 3 is 2.50 bits per heavy atom. The highest BCUT2D eigenvalue weighted by molar-refractivity contribution is 6.05. The van der Waals surface area contributed by atoms with Gasteiger partial charge < -0.3 is 15.8 Å². The maximum absolute atomic E-state index is 12.5. The van der Waals surface area contributed by atoms with Gasteiger partial charge in [-0.3, -0.25) is 9.59 Å². The van der Waals surface area contributed by atoms with Gasteiger partial charge in [0, 0.05) is 11.8 Å². The Morgan fingerprint density at radius 1 is 1.12 bits per heavy atom. The summed E-state index contributed by atoms with van der Waals surface area (Å²) in [5.41, 5.74) is 7.08. The SMILES string of the molecule is CCOc1ccc(C(=O)Nc2ccccc2-n2ccc(C(N)=O)n2)cc1. The van der Waals surface area contributed by atoms with Crippen molar-refractivity contribution in [3.05, 3.63) is 72.1 Å². The number of nitrogens with two attached hydrogens (primary N) is 1. The van der Waals surface area contributed by atoms with Crippen LogP contribution in [0.4, 0.5) is 5.69 Å². The molecule has 0 spiro atoms. The molecule has 2 amide bonds. The molecule has 0 bridgehead atoms. The molecular weight excluding hydrogens is 332 g/mol. The number of ether oxygens (including phenoxy) is 1. The summed E-state index contributed by atoms with van der Waals surface area (Å²) in [4.78, 5) is 23.8. The van der Waals surface area contributed by atoms with Crippen LogP contribution in [0.5, 0.6) is 5.75 Å². The van der Waals surface area contributed by atoms with Gasteiger partial charge in [-0.15, -0.1) is 0 Å². The smallest absolute Gasteiger partial charge is 0.269 e. The number of carbonyl (C=O) groups is 2. The van der Waals surface area contributed by atoms with Crippen molar-refractivity contribution in [3.8, 4) is 11.4 Å². The first kappa shape index (κ1) is 17.2. The van der Waals surface area contributed by atoms with E-state index in [1.807, 2.05) is 13.0 Å².